The van der Waals surface area contributed by atoms with E-state index < -0.39 is 17.6 Å². The van der Waals surface area contributed by atoms with Gasteiger partial charge in [0, 0.05) is 24.8 Å². The number of piperidine rings is 1. The molecule has 1 saturated heterocycles. The van der Waals surface area contributed by atoms with Gasteiger partial charge in [-0.15, -0.1) is 0 Å². The number of carboxylic acids is 1. The molecule has 2 unspecified atom stereocenters. The number of aromatic nitrogens is 3. The molecule has 0 radical (unpaired) electrons. The quantitative estimate of drug-likeness (QED) is 0.551. The number of aromatic carboxylic acids is 1. The largest absolute Gasteiger partial charge is 0.476 e. The number of nitrogens with zero attached hydrogens (tertiary/aromatic N) is 5. The van der Waals surface area contributed by atoms with Gasteiger partial charge in [0.05, 0.1) is 11.7 Å². The number of halogens is 1. The molecule has 5 rings (SSSR count). The molecule has 33 heavy (non-hydrogen) atoms. The summed E-state index contributed by atoms with van der Waals surface area (Å²) in [5.74, 6) is 0.444. The zero-order valence-electron chi connectivity index (χ0n) is 18.0. The fourth-order valence-corrected chi connectivity index (χ4v) is 4.79. The van der Waals surface area contributed by atoms with Gasteiger partial charge < -0.3 is 15.3 Å². The van der Waals surface area contributed by atoms with Crippen LogP contribution in [0.15, 0.2) is 29.2 Å². The molecule has 0 aromatic carbocycles. The van der Waals surface area contributed by atoms with Crippen molar-refractivity contribution in [3.8, 4) is 6.07 Å². The van der Waals surface area contributed by atoms with Crippen molar-refractivity contribution in [1.82, 2.24) is 14.4 Å². The molecule has 3 aromatic heterocycles. The van der Waals surface area contributed by atoms with Crippen molar-refractivity contribution in [1.29, 1.82) is 5.26 Å². The number of nitrogens with one attached hydrogen (secondary N) is 1. The highest BCUT2D eigenvalue weighted by atomic mass is 35.5. The second kappa shape index (κ2) is 7.74. The molecule has 4 heterocycles. The predicted molar refractivity (Wildman–Crippen MR) is 123 cm³/mol. The molecule has 10 heteroatoms. The fraction of sp³-hybridized carbons (Fsp3) is 0.348. The first kappa shape index (κ1) is 21.2. The number of carboxylic acid groups (broad SMARTS) is 1. The lowest BCUT2D eigenvalue weighted by molar-refractivity contribution is 0.0691. The van der Waals surface area contributed by atoms with Crippen LogP contribution in [0.2, 0.25) is 5.15 Å². The van der Waals surface area contributed by atoms with Crippen LogP contribution < -0.4 is 15.8 Å². The Labute approximate surface area is 194 Å². The minimum absolute atomic E-state index is 0.0426. The Bertz CT molecular complexity index is 1400. The highest BCUT2D eigenvalue weighted by molar-refractivity contribution is 6.29. The van der Waals surface area contributed by atoms with E-state index in [2.05, 4.69) is 16.4 Å². The van der Waals surface area contributed by atoms with Crippen LogP contribution in [0.5, 0.6) is 0 Å². The normalized spacial score (nSPS) is 19.8. The molecular weight excluding hydrogens is 444 g/mol. The average molecular weight is 465 g/mol. The first-order chi connectivity index (χ1) is 15.8. The summed E-state index contributed by atoms with van der Waals surface area (Å²) in [6.45, 7) is 5.30. The van der Waals surface area contributed by atoms with E-state index in [-0.39, 0.29) is 16.4 Å². The highest BCUT2D eigenvalue weighted by Gasteiger charge is 2.46. The number of hydrogen-bond acceptors (Lipinski definition) is 7. The number of nitriles is 1. The molecule has 2 aliphatic rings. The zero-order valence-corrected chi connectivity index (χ0v) is 18.8. The molecular formula is C23H21ClN6O3. The number of pyridine rings is 2. The summed E-state index contributed by atoms with van der Waals surface area (Å²) in [5.41, 5.74) is 1.68. The van der Waals surface area contributed by atoms with Crippen LogP contribution in [-0.4, -0.2) is 38.5 Å². The Balaban J connectivity index is 1.62. The van der Waals surface area contributed by atoms with E-state index in [0.29, 0.717) is 34.6 Å². The summed E-state index contributed by atoms with van der Waals surface area (Å²) in [5, 5.41) is 22.5. The molecule has 3 aromatic rings. The third kappa shape index (κ3) is 3.66. The predicted octanol–water partition coefficient (Wildman–Crippen LogP) is 3.25. The van der Waals surface area contributed by atoms with Crippen molar-refractivity contribution >= 4 is 34.7 Å². The van der Waals surface area contributed by atoms with E-state index in [9.17, 15) is 20.0 Å². The summed E-state index contributed by atoms with van der Waals surface area (Å²) in [6.07, 6.45) is 2.86. The first-order valence-corrected chi connectivity index (χ1v) is 11.0. The Morgan fingerprint density at radius 1 is 1.33 bits per heavy atom. The van der Waals surface area contributed by atoms with Crippen LogP contribution >= 0.6 is 11.6 Å². The number of rotatable bonds is 5. The van der Waals surface area contributed by atoms with E-state index in [1.165, 1.54) is 16.9 Å². The first-order valence-electron chi connectivity index (χ1n) is 10.6. The molecule has 1 aliphatic heterocycles. The van der Waals surface area contributed by atoms with Crippen molar-refractivity contribution in [2.24, 2.45) is 11.8 Å². The molecule has 9 nitrogen and oxygen atoms in total. The minimum Gasteiger partial charge on any atom is -0.476 e. The second-order valence-corrected chi connectivity index (χ2v) is 9.14. The van der Waals surface area contributed by atoms with Crippen molar-refractivity contribution in [3.63, 3.8) is 0 Å². The Morgan fingerprint density at radius 3 is 2.73 bits per heavy atom. The van der Waals surface area contributed by atoms with Gasteiger partial charge in [0.1, 0.15) is 16.9 Å². The van der Waals surface area contributed by atoms with Crippen molar-refractivity contribution in [2.75, 3.05) is 23.3 Å². The third-order valence-corrected chi connectivity index (χ3v) is 6.57. The number of hydrogen-bond donors (Lipinski definition) is 2. The van der Waals surface area contributed by atoms with Crippen molar-refractivity contribution < 1.29 is 9.90 Å². The second-order valence-electron chi connectivity index (χ2n) is 8.76. The Hall–Kier alpha value is -3.64. The zero-order chi connectivity index (χ0) is 23.4. The van der Waals surface area contributed by atoms with Gasteiger partial charge in [-0.05, 0) is 55.9 Å². The van der Waals surface area contributed by atoms with Crippen LogP contribution in [0.25, 0.3) is 5.65 Å². The van der Waals surface area contributed by atoms with E-state index >= 15 is 0 Å². The minimum atomic E-state index is -1.20. The maximum absolute atomic E-state index is 13.2. The number of fused-ring (bicyclic) bond motifs is 2. The summed E-state index contributed by atoms with van der Waals surface area (Å²) in [6, 6.07) is 6.61. The number of carbonyl (C=O) groups is 1. The summed E-state index contributed by atoms with van der Waals surface area (Å²) < 4.78 is 1.40. The third-order valence-electron chi connectivity index (χ3n) is 6.36. The van der Waals surface area contributed by atoms with Crippen LogP contribution in [0.1, 0.15) is 46.6 Å². The summed E-state index contributed by atoms with van der Waals surface area (Å²) in [7, 11) is 0. The maximum Gasteiger partial charge on any atom is 0.356 e. The Kier molecular flexibility index (Phi) is 4.98. The van der Waals surface area contributed by atoms with Gasteiger partial charge in [-0.3, -0.25) is 9.20 Å². The molecule has 2 fully saturated rings. The molecule has 2 N–H and O–H groups in total. The maximum atomic E-state index is 13.2. The monoisotopic (exact) mass is 464 g/mol. The summed E-state index contributed by atoms with van der Waals surface area (Å²) in [4.78, 5) is 35.6. The van der Waals surface area contributed by atoms with E-state index in [1.807, 2.05) is 24.8 Å². The lowest BCUT2D eigenvalue weighted by Crippen LogP contribution is -2.30. The van der Waals surface area contributed by atoms with Crippen LogP contribution in [0.3, 0.4) is 0 Å². The topological polar surface area (TPSA) is 124 Å². The SMILES string of the molecule is Cc1cc([C@@H](C)Nc2ccc(Cl)nc2C(=O)O)c2nc(N3CC4CC4C3)c(C#N)c(=O)n2c1. The highest BCUT2D eigenvalue weighted by Crippen LogP contribution is 2.46. The Morgan fingerprint density at radius 2 is 2.06 bits per heavy atom. The van der Waals surface area contributed by atoms with Gasteiger partial charge in [0.15, 0.2) is 17.1 Å². The lowest BCUT2D eigenvalue weighted by atomic mass is 10.1. The molecule has 168 valence electrons. The average Bonchev–Trinajstić information content (AvgIpc) is 3.39. The van der Waals surface area contributed by atoms with Crippen molar-refractivity contribution in [3.05, 3.63) is 62.3 Å². The fourth-order valence-electron chi connectivity index (χ4n) is 4.64. The van der Waals surface area contributed by atoms with Crippen molar-refractivity contribution in [2.45, 2.75) is 26.3 Å². The molecule has 1 saturated carbocycles. The van der Waals surface area contributed by atoms with E-state index in [1.54, 1.807) is 12.3 Å². The molecule has 0 bridgehead atoms. The number of anilines is 2. The smallest absolute Gasteiger partial charge is 0.356 e. The molecule has 1 aliphatic carbocycles. The van der Waals surface area contributed by atoms with Gasteiger partial charge in [-0.25, -0.2) is 14.8 Å². The molecule has 0 spiro atoms. The van der Waals surface area contributed by atoms with Gasteiger partial charge in [0.25, 0.3) is 5.56 Å². The van der Waals surface area contributed by atoms with Gasteiger partial charge >= 0.3 is 5.97 Å². The summed E-state index contributed by atoms with van der Waals surface area (Å²) >= 11 is 5.87. The van der Waals surface area contributed by atoms with Gasteiger partial charge in [0.2, 0.25) is 0 Å². The van der Waals surface area contributed by atoms with Crippen LogP contribution in [-0.2, 0) is 0 Å². The number of aryl methyl sites for hydroxylation is 1. The van der Waals surface area contributed by atoms with Gasteiger partial charge in [-0.1, -0.05) is 11.6 Å². The lowest BCUT2D eigenvalue weighted by Gasteiger charge is -2.23. The van der Waals surface area contributed by atoms with Crippen LogP contribution in [0, 0.1) is 30.1 Å². The standard InChI is InChI=1S/C23H21ClN6O3/c1-11-5-15(12(2)26-17-3-4-18(24)27-19(17)23(32)33)21-28-20(29-9-13-6-14(13)10-29)16(7-25)22(31)30(21)8-11/h3-5,8,12-14,26H,6,9-10H2,1-2H3,(H,32,33)/t12-,13?,14?/m1/s1. The van der Waals surface area contributed by atoms with Gasteiger partial charge in [-0.2, -0.15) is 5.26 Å². The van der Waals surface area contributed by atoms with E-state index in [0.717, 1.165) is 18.7 Å². The molecule has 0 amide bonds. The van der Waals surface area contributed by atoms with Crippen LogP contribution in [0.4, 0.5) is 11.5 Å². The molecule has 3 atom stereocenters. The van der Waals surface area contributed by atoms with E-state index in [4.69, 9.17) is 16.6 Å².